The second-order valence-corrected chi connectivity index (χ2v) is 8.91. The Morgan fingerprint density at radius 2 is 1.29 bits per heavy atom. The molecule has 2 rings (SSSR count). The van der Waals surface area contributed by atoms with Gasteiger partial charge in [-0.2, -0.15) is 0 Å². The van der Waals surface area contributed by atoms with E-state index in [9.17, 15) is 5.11 Å². The molecule has 0 saturated heterocycles. The molecule has 0 aliphatic carbocycles. The van der Waals surface area contributed by atoms with Crippen LogP contribution in [0.3, 0.4) is 0 Å². The van der Waals surface area contributed by atoms with Crippen molar-refractivity contribution in [2.24, 2.45) is 0 Å². The molecular weight excluding hydrogens is 275 g/mol. The van der Waals surface area contributed by atoms with E-state index in [4.69, 9.17) is 21.4 Å². The fraction of sp³-hybridized carbons (Fsp3) is 0.0769. The summed E-state index contributed by atoms with van der Waals surface area (Å²) < 4.78 is 0. The van der Waals surface area contributed by atoms with Gasteiger partial charge in [0.25, 0.3) is 0 Å². The first kappa shape index (κ1) is 12.8. The van der Waals surface area contributed by atoms with Crippen LogP contribution in [-0.4, -0.2) is 5.11 Å². The fourth-order valence-corrected chi connectivity index (χ4v) is 4.03. The number of hydrogen-bond donors (Lipinski definition) is 1. The maximum atomic E-state index is 10.3. The standard InChI is InChI=1S/C13H12Cl2OS/c14-17(15,12-9-5-2-6-10-12)13(16)11-7-3-1-4-8-11/h1-10,13,16H. The van der Waals surface area contributed by atoms with Crippen LogP contribution in [0.25, 0.3) is 0 Å². The lowest BCUT2D eigenvalue weighted by Gasteiger charge is -2.30. The summed E-state index contributed by atoms with van der Waals surface area (Å²) in [4.78, 5) is 0.764. The van der Waals surface area contributed by atoms with Gasteiger partial charge in [0.2, 0.25) is 0 Å². The monoisotopic (exact) mass is 286 g/mol. The first-order valence-electron chi connectivity index (χ1n) is 5.12. The van der Waals surface area contributed by atoms with E-state index in [2.05, 4.69) is 0 Å². The Kier molecular flexibility index (Phi) is 4.00. The Hall–Kier alpha value is -0.670. The van der Waals surface area contributed by atoms with Crippen LogP contribution in [0, 0.1) is 0 Å². The van der Waals surface area contributed by atoms with Crippen LogP contribution in [-0.2, 0) is 0 Å². The second kappa shape index (κ2) is 5.32. The summed E-state index contributed by atoms with van der Waals surface area (Å²) in [6.45, 7) is 0. The van der Waals surface area contributed by atoms with Crippen LogP contribution in [0.2, 0.25) is 0 Å². The molecule has 0 saturated carbocycles. The lowest BCUT2D eigenvalue weighted by molar-refractivity contribution is 0.268. The largest absolute Gasteiger partial charge is 0.377 e. The molecule has 1 N–H and O–H groups in total. The summed E-state index contributed by atoms with van der Waals surface area (Å²) in [7, 11) is 10.4. The molecule has 0 heterocycles. The average molecular weight is 287 g/mol. The van der Waals surface area contributed by atoms with Crippen molar-refractivity contribution < 1.29 is 5.11 Å². The molecule has 0 amide bonds. The predicted octanol–water partition coefficient (Wildman–Crippen LogP) is 4.85. The number of hydrogen-bond acceptors (Lipinski definition) is 1. The van der Waals surface area contributed by atoms with Crippen molar-refractivity contribution in [1.29, 1.82) is 0 Å². The molecule has 90 valence electrons. The van der Waals surface area contributed by atoms with E-state index < -0.39 is 13.9 Å². The number of rotatable bonds is 3. The van der Waals surface area contributed by atoms with E-state index in [0.29, 0.717) is 0 Å². The van der Waals surface area contributed by atoms with Gasteiger partial charge in [-0.25, -0.2) is 0 Å². The Morgan fingerprint density at radius 3 is 1.82 bits per heavy atom. The topological polar surface area (TPSA) is 20.2 Å². The van der Waals surface area contributed by atoms with E-state index in [1.165, 1.54) is 0 Å². The van der Waals surface area contributed by atoms with Crippen LogP contribution in [0.15, 0.2) is 65.6 Å². The first-order chi connectivity index (χ1) is 8.12. The number of aliphatic hydroxyl groups excluding tert-OH is 1. The van der Waals surface area contributed by atoms with E-state index in [-0.39, 0.29) is 0 Å². The van der Waals surface area contributed by atoms with Gasteiger partial charge in [0.1, 0.15) is 5.44 Å². The average Bonchev–Trinajstić information content (AvgIpc) is 2.40. The smallest absolute Gasteiger partial charge is 0.138 e. The summed E-state index contributed by atoms with van der Waals surface area (Å²) in [5.74, 6) is 0. The highest BCUT2D eigenvalue weighted by molar-refractivity contribution is 8.66. The number of aliphatic hydroxyl groups is 1. The predicted molar refractivity (Wildman–Crippen MR) is 75.4 cm³/mol. The molecule has 2 aromatic carbocycles. The Labute approximate surface area is 111 Å². The van der Waals surface area contributed by atoms with E-state index in [0.717, 1.165) is 10.5 Å². The summed E-state index contributed by atoms with van der Waals surface area (Å²) in [5, 5.41) is 10.3. The maximum Gasteiger partial charge on any atom is 0.138 e. The molecule has 0 fully saturated rings. The third-order valence-corrected chi connectivity index (χ3v) is 6.24. The molecule has 0 aromatic heterocycles. The van der Waals surface area contributed by atoms with Crippen LogP contribution in [0.1, 0.15) is 11.0 Å². The van der Waals surface area contributed by atoms with Gasteiger partial charge in [-0.3, -0.25) is 0 Å². The Bertz CT molecular complexity index is 473. The van der Waals surface area contributed by atoms with Gasteiger partial charge in [-0.15, -0.1) is 0 Å². The zero-order valence-corrected chi connectivity index (χ0v) is 11.3. The Balaban J connectivity index is 2.33. The fourth-order valence-electron chi connectivity index (χ4n) is 1.52. The van der Waals surface area contributed by atoms with E-state index >= 15 is 0 Å². The van der Waals surface area contributed by atoms with Crippen LogP contribution in [0.5, 0.6) is 0 Å². The molecule has 0 aliphatic heterocycles. The summed E-state index contributed by atoms with van der Waals surface area (Å²) >= 11 is 0. The third kappa shape index (κ3) is 2.78. The van der Waals surface area contributed by atoms with Crippen molar-refractivity contribution in [3.8, 4) is 0 Å². The van der Waals surface area contributed by atoms with Crippen molar-refractivity contribution in [2.75, 3.05) is 0 Å². The van der Waals surface area contributed by atoms with Crippen LogP contribution in [0.4, 0.5) is 0 Å². The van der Waals surface area contributed by atoms with Crippen molar-refractivity contribution >= 4 is 29.8 Å². The normalized spacial score (nSPS) is 14.3. The molecule has 0 spiro atoms. The van der Waals surface area contributed by atoms with Gasteiger partial charge in [-0.1, -0.05) is 48.5 Å². The summed E-state index contributed by atoms with van der Waals surface area (Å²) in [5.41, 5.74) is -0.147. The van der Waals surface area contributed by atoms with Gasteiger partial charge in [0, 0.05) is 4.90 Å². The highest BCUT2D eigenvalue weighted by atomic mass is 36.0. The molecular formula is C13H12Cl2OS. The van der Waals surface area contributed by atoms with Crippen molar-refractivity contribution in [1.82, 2.24) is 0 Å². The number of halogens is 2. The van der Waals surface area contributed by atoms with E-state index in [1.807, 2.05) is 60.7 Å². The van der Waals surface area contributed by atoms with Crippen molar-refractivity contribution in [3.63, 3.8) is 0 Å². The highest BCUT2D eigenvalue weighted by Gasteiger charge is 2.31. The van der Waals surface area contributed by atoms with Gasteiger partial charge >= 0.3 is 0 Å². The zero-order valence-electron chi connectivity index (χ0n) is 8.96. The lowest BCUT2D eigenvalue weighted by Crippen LogP contribution is -2.01. The van der Waals surface area contributed by atoms with Gasteiger partial charge in [0.05, 0.1) is 0 Å². The minimum absolute atomic E-state index is 0.733. The van der Waals surface area contributed by atoms with Gasteiger partial charge < -0.3 is 5.11 Å². The third-order valence-electron chi connectivity index (χ3n) is 2.42. The van der Waals surface area contributed by atoms with Gasteiger partial charge in [0.15, 0.2) is 0 Å². The zero-order chi connectivity index (χ0) is 12.3. The quantitative estimate of drug-likeness (QED) is 0.855. The Morgan fingerprint density at radius 1 is 0.824 bits per heavy atom. The van der Waals surface area contributed by atoms with Crippen molar-refractivity contribution in [2.45, 2.75) is 10.3 Å². The lowest BCUT2D eigenvalue weighted by atomic mass is 10.2. The second-order valence-electron chi connectivity index (χ2n) is 3.58. The first-order valence-corrected chi connectivity index (χ1v) is 8.47. The molecule has 2 aromatic rings. The molecule has 0 bridgehead atoms. The molecule has 1 unspecified atom stereocenters. The molecule has 17 heavy (non-hydrogen) atoms. The van der Waals surface area contributed by atoms with Crippen LogP contribution >= 0.6 is 29.8 Å². The highest BCUT2D eigenvalue weighted by Crippen LogP contribution is 2.72. The number of benzene rings is 2. The molecule has 0 radical (unpaired) electrons. The molecule has 0 aliphatic rings. The summed E-state index contributed by atoms with van der Waals surface area (Å²) in [6.07, 6.45) is 0. The molecule has 1 nitrogen and oxygen atoms in total. The van der Waals surface area contributed by atoms with E-state index in [1.54, 1.807) is 0 Å². The maximum absolute atomic E-state index is 10.3. The SMILES string of the molecule is OC(c1ccccc1)S(Cl)(Cl)c1ccccc1. The van der Waals surface area contributed by atoms with Gasteiger partial charge in [-0.05, 0) is 47.5 Å². The molecule has 4 heteroatoms. The summed E-state index contributed by atoms with van der Waals surface area (Å²) in [6, 6.07) is 18.5. The molecule has 1 atom stereocenters. The van der Waals surface area contributed by atoms with Crippen molar-refractivity contribution in [3.05, 3.63) is 66.2 Å². The minimum atomic E-state index is -2.29. The minimum Gasteiger partial charge on any atom is -0.377 e. The van der Waals surface area contributed by atoms with Crippen LogP contribution < -0.4 is 0 Å².